The maximum Gasteiger partial charge on any atom is 0.269 e. The highest BCUT2D eigenvalue weighted by molar-refractivity contribution is 7.73. The van der Waals surface area contributed by atoms with Crippen LogP contribution in [-0.4, -0.2) is 33.5 Å². The lowest BCUT2D eigenvalue weighted by Gasteiger charge is -2.33. The van der Waals surface area contributed by atoms with Gasteiger partial charge in [-0.2, -0.15) is 0 Å². The van der Waals surface area contributed by atoms with Crippen LogP contribution in [0.5, 0.6) is 0 Å². The minimum Gasteiger partial charge on any atom is -0.329 e. The molecule has 2 heterocycles. The fraction of sp³-hybridized carbons (Fsp3) is 0.500. The van der Waals surface area contributed by atoms with E-state index >= 15 is 0 Å². The van der Waals surface area contributed by atoms with E-state index in [0.29, 0.717) is 6.04 Å². The van der Waals surface area contributed by atoms with Crippen LogP contribution < -0.4 is 0 Å². The molecule has 0 bridgehead atoms. The van der Waals surface area contributed by atoms with E-state index in [-0.39, 0.29) is 10.6 Å². The van der Waals surface area contributed by atoms with E-state index in [2.05, 4.69) is 22.6 Å². The number of piperidine rings is 1. The number of benzene rings is 1. The van der Waals surface area contributed by atoms with Gasteiger partial charge in [-0.15, -0.1) is 11.3 Å². The third-order valence-electron chi connectivity index (χ3n) is 4.85. The van der Waals surface area contributed by atoms with E-state index in [4.69, 9.17) is 12.2 Å². The number of nitro groups is 1. The number of hydrogen-bond donors (Lipinski definition) is 0. The van der Waals surface area contributed by atoms with Crippen molar-refractivity contribution in [1.29, 1.82) is 0 Å². The Balaban J connectivity index is 1.62. The SMILES string of the molecule is CC1CCCCN1CCCn1cc(-c2ccc([N+](=O)[O-])cc2)sc1=S. The molecular weight excluding hydrogens is 354 g/mol. The van der Waals surface area contributed by atoms with Gasteiger partial charge in [0.05, 0.1) is 9.80 Å². The molecule has 25 heavy (non-hydrogen) atoms. The van der Waals surface area contributed by atoms with E-state index in [1.165, 1.54) is 25.8 Å². The maximum atomic E-state index is 10.8. The maximum absolute atomic E-state index is 10.8. The Morgan fingerprint density at radius 3 is 2.72 bits per heavy atom. The molecule has 0 saturated carbocycles. The molecule has 1 atom stereocenters. The van der Waals surface area contributed by atoms with Crippen LogP contribution in [0.3, 0.4) is 0 Å². The third kappa shape index (κ3) is 4.54. The average Bonchev–Trinajstić information content (AvgIpc) is 2.98. The molecule has 0 spiro atoms. The van der Waals surface area contributed by atoms with Gasteiger partial charge in [0, 0.05) is 37.5 Å². The fourth-order valence-electron chi connectivity index (χ4n) is 3.34. The first-order chi connectivity index (χ1) is 12.0. The summed E-state index contributed by atoms with van der Waals surface area (Å²) in [6, 6.07) is 7.36. The summed E-state index contributed by atoms with van der Waals surface area (Å²) >= 11 is 7.06. The molecule has 2 aromatic rings. The molecule has 1 aromatic carbocycles. The lowest BCUT2D eigenvalue weighted by atomic mass is 10.0. The van der Waals surface area contributed by atoms with Crippen LogP contribution in [0.25, 0.3) is 10.4 Å². The van der Waals surface area contributed by atoms with Gasteiger partial charge in [0.15, 0.2) is 3.95 Å². The molecule has 0 amide bonds. The second kappa shape index (κ2) is 8.21. The van der Waals surface area contributed by atoms with Gasteiger partial charge in [-0.05, 0) is 62.6 Å². The Hall–Kier alpha value is -1.57. The first-order valence-electron chi connectivity index (χ1n) is 8.74. The molecule has 3 rings (SSSR count). The average molecular weight is 378 g/mol. The van der Waals surface area contributed by atoms with E-state index in [1.54, 1.807) is 35.6 Å². The fourth-order valence-corrected chi connectivity index (χ4v) is 4.64. The summed E-state index contributed by atoms with van der Waals surface area (Å²) in [6.45, 7) is 5.57. The Kier molecular flexibility index (Phi) is 5.98. The molecule has 134 valence electrons. The smallest absolute Gasteiger partial charge is 0.269 e. The van der Waals surface area contributed by atoms with Gasteiger partial charge < -0.3 is 9.47 Å². The summed E-state index contributed by atoms with van der Waals surface area (Å²) in [5, 5.41) is 10.8. The summed E-state index contributed by atoms with van der Waals surface area (Å²) in [5.41, 5.74) is 1.09. The monoisotopic (exact) mass is 377 g/mol. The van der Waals surface area contributed by atoms with E-state index < -0.39 is 0 Å². The van der Waals surface area contributed by atoms with Gasteiger partial charge in [-0.3, -0.25) is 10.1 Å². The highest BCUT2D eigenvalue weighted by Crippen LogP contribution is 2.28. The van der Waals surface area contributed by atoms with Crippen LogP contribution in [-0.2, 0) is 6.54 Å². The lowest BCUT2D eigenvalue weighted by molar-refractivity contribution is -0.384. The summed E-state index contributed by atoms with van der Waals surface area (Å²) in [6.07, 6.45) is 7.14. The van der Waals surface area contributed by atoms with Crippen LogP contribution in [0.1, 0.15) is 32.6 Å². The number of rotatable bonds is 6. The Morgan fingerprint density at radius 1 is 1.28 bits per heavy atom. The van der Waals surface area contributed by atoms with Crippen molar-refractivity contribution in [2.24, 2.45) is 0 Å². The second-order valence-electron chi connectivity index (χ2n) is 6.59. The predicted octanol–water partition coefficient (Wildman–Crippen LogP) is 5.12. The molecule has 5 nitrogen and oxygen atoms in total. The number of thiazole rings is 1. The van der Waals surface area contributed by atoms with Crippen LogP contribution in [0.4, 0.5) is 5.69 Å². The van der Waals surface area contributed by atoms with Crippen molar-refractivity contribution >= 4 is 29.2 Å². The first kappa shape index (κ1) is 18.2. The standard InChI is InChI=1S/C18H23N3O2S2/c1-14-5-2-3-10-19(14)11-4-12-20-13-17(25-18(20)24)15-6-8-16(9-7-15)21(22)23/h6-9,13-14H,2-5,10-12H2,1H3. The molecule has 0 aliphatic carbocycles. The zero-order valence-corrected chi connectivity index (χ0v) is 16.0. The third-order valence-corrected chi connectivity index (χ3v) is 6.31. The van der Waals surface area contributed by atoms with Crippen molar-refractivity contribution < 1.29 is 4.92 Å². The van der Waals surface area contributed by atoms with Gasteiger partial charge in [0.25, 0.3) is 5.69 Å². The molecule has 1 aromatic heterocycles. The number of hydrogen-bond acceptors (Lipinski definition) is 5. The van der Waals surface area contributed by atoms with E-state index in [0.717, 1.165) is 33.9 Å². The Bertz CT molecular complexity index is 782. The number of likely N-dealkylation sites (tertiary alicyclic amines) is 1. The number of non-ortho nitro benzene ring substituents is 1. The van der Waals surface area contributed by atoms with E-state index in [9.17, 15) is 10.1 Å². The van der Waals surface area contributed by atoms with Gasteiger partial charge in [-0.1, -0.05) is 6.42 Å². The number of nitrogens with zero attached hydrogens (tertiary/aromatic N) is 3. The molecule has 1 fully saturated rings. The summed E-state index contributed by atoms with van der Waals surface area (Å²) in [7, 11) is 0. The molecule has 1 saturated heterocycles. The highest BCUT2D eigenvalue weighted by Gasteiger charge is 2.17. The molecule has 1 unspecified atom stereocenters. The quantitative estimate of drug-likeness (QED) is 0.398. The molecule has 7 heteroatoms. The summed E-state index contributed by atoms with van der Waals surface area (Å²) in [5.74, 6) is 0. The van der Waals surface area contributed by atoms with E-state index in [1.807, 2.05) is 0 Å². The van der Waals surface area contributed by atoms with Crippen molar-refractivity contribution in [3.05, 3.63) is 44.5 Å². The molecule has 0 radical (unpaired) electrons. The van der Waals surface area contributed by atoms with Crippen molar-refractivity contribution in [1.82, 2.24) is 9.47 Å². The van der Waals surface area contributed by atoms with Crippen LogP contribution in [0.15, 0.2) is 30.5 Å². The molecule has 0 N–H and O–H groups in total. The predicted molar refractivity (Wildman–Crippen MR) is 105 cm³/mol. The minimum atomic E-state index is -0.377. The van der Waals surface area contributed by atoms with Gasteiger partial charge in [0.1, 0.15) is 0 Å². The number of nitro benzene ring substituents is 1. The largest absolute Gasteiger partial charge is 0.329 e. The Morgan fingerprint density at radius 2 is 2.04 bits per heavy atom. The molecular formula is C18H23N3O2S2. The van der Waals surface area contributed by atoms with Crippen LogP contribution in [0.2, 0.25) is 0 Å². The van der Waals surface area contributed by atoms with Crippen LogP contribution in [0, 0.1) is 14.1 Å². The summed E-state index contributed by atoms with van der Waals surface area (Å²) in [4.78, 5) is 14.0. The van der Waals surface area contributed by atoms with Crippen molar-refractivity contribution in [2.45, 2.75) is 45.2 Å². The first-order valence-corrected chi connectivity index (χ1v) is 9.96. The minimum absolute atomic E-state index is 0.113. The summed E-state index contributed by atoms with van der Waals surface area (Å²) < 4.78 is 2.99. The van der Waals surface area contributed by atoms with Crippen molar-refractivity contribution in [2.75, 3.05) is 13.1 Å². The van der Waals surface area contributed by atoms with Gasteiger partial charge >= 0.3 is 0 Å². The van der Waals surface area contributed by atoms with Gasteiger partial charge in [0.2, 0.25) is 0 Å². The zero-order chi connectivity index (χ0) is 17.8. The lowest BCUT2D eigenvalue weighted by Crippen LogP contribution is -2.38. The number of aromatic nitrogens is 1. The van der Waals surface area contributed by atoms with Gasteiger partial charge in [-0.25, -0.2) is 0 Å². The highest BCUT2D eigenvalue weighted by atomic mass is 32.1. The molecule has 1 aliphatic heterocycles. The zero-order valence-electron chi connectivity index (χ0n) is 14.4. The normalized spacial score (nSPS) is 18.4. The molecule has 1 aliphatic rings. The van der Waals surface area contributed by atoms with Crippen molar-refractivity contribution in [3.8, 4) is 10.4 Å². The topological polar surface area (TPSA) is 51.3 Å². The number of aryl methyl sites for hydroxylation is 1. The van der Waals surface area contributed by atoms with Crippen molar-refractivity contribution in [3.63, 3.8) is 0 Å². The Labute approximate surface area is 157 Å². The second-order valence-corrected chi connectivity index (χ2v) is 8.27. The van der Waals surface area contributed by atoms with Crippen LogP contribution >= 0.6 is 23.6 Å².